The molecule has 1 saturated heterocycles. The highest BCUT2D eigenvalue weighted by atomic mass is 16.5. The van der Waals surface area contributed by atoms with Gasteiger partial charge in [0.2, 0.25) is 5.78 Å². The van der Waals surface area contributed by atoms with E-state index in [0.29, 0.717) is 41.5 Å². The van der Waals surface area contributed by atoms with Crippen LogP contribution in [-0.4, -0.2) is 36.9 Å². The summed E-state index contributed by atoms with van der Waals surface area (Å²) >= 11 is 0. The smallest absolute Gasteiger partial charge is 0.259 e. The highest BCUT2D eigenvalue weighted by Crippen LogP contribution is 2.32. The molecule has 8 heteroatoms. The zero-order valence-electron chi connectivity index (χ0n) is 14.9. The molecule has 3 aromatic heterocycles. The molecule has 136 valence electrons. The topological polar surface area (TPSA) is 96.5 Å². The Bertz CT molecular complexity index is 1020. The largest absolute Gasteiger partial charge is 0.361 e. The number of likely N-dealkylation sites (tertiary alicyclic amines) is 1. The third-order valence-electron chi connectivity index (χ3n) is 5.02. The van der Waals surface area contributed by atoms with Crippen LogP contribution in [-0.2, 0) is 6.42 Å². The van der Waals surface area contributed by atoms with Gasteiger partial charge in [0, 0.05) is 30.7 Å². The number of nitrogens with one attached hydrogen (secondary N) is 1. The van der Waals surface area contributed by atoms with Crippen molar-refractivity contribution >= 4 is 11.7 Å². The number of imidazole rings is 1. The fraction of sp³-hybridized carbons (Fsp3) is 0.444. The lowest BCUT2D eigenvalue weighted by Crippen LogP contribution is -2.40. The molecule has 0 aliphatic carbocycles. The van der Waals surface area contributed by atoms with Gasteiger partial charge in [-0.25, -0.2) is 4.98 Å². The quantitative estimate of drug-likeness (QED) is 0.777. The van der Waals surface area contributed by atoms with E-state index < -0.39 is 0 Å². The van der Waals surface area contributed by atoms with Crippen molar-refractivity contribution in [2.24, 2.45) is 0 Å². The minimum atomic E-state index is -0.190. The van der Waals surface area contributed by atoms with E-state index in [2.05, 4.69) is 15.1 Å². The van der Waals surface area contributed by atoms with E-state index in [-0.39, 0.29) is 17.5 Å². The molecule has 0 bridgehead atoms. The Hall–Kier alpha value is -2.90. The van der Waals surface area contributed by atoms with Gasteiger partial charge in [0.25, 0.3) is 11.5 Å². The molecule has 26 heavy (non-hydrogen) atoms. The molecule has 1 unspecified atom stereocenters. The minimum absolute atomic E-state index is 0.0886. The second-order valence-electron chi connectivity index (χ2n) is 6.61. The number of carbonyl (C=O) groups excluding carboxylic acids is 1. The Kier molecular flexibility index (Phi) is 4.10. The van der Waals surface area contributed by atoms with Crippen LogP contribution in [0.15, 0.2) is 27.8 Å². The highest BCUT2D eigenvalue weighted by molar-refractivity contribution is 5.96. The van der Waals surface area contributed by atoms with E-state index in [4.69, 9.17) is 4.52 Å². The predicted molar refractivity (Wildman–Crippen MR) is 94.1 cm³/mol. The molecule has 8 nitrogen and oxygen atoms in total. The molecule has 0 radical (unpaired) electrons. The van der Waals surface area contributed by atoms with Crippen molar-refractivity contribution in [3.8, 4) is 0 Å². The average molecular weight is 355 g/mol. The van der Waals surface area contributed by atoms with Gasteiger partial charge in [0.15, 0.2) is 0 Å². The first-order valence-electron chi connectivity index (χ1n) is 8.92. The zero-order chi connectivity index (χ0) is 18.3. The monoisotopic (exact) mass is 355 g/mol. The van der Waals surface area contributed by atoms with Crippen molar-refractivity contribution in [3.63, 3.8) is 0 Å². The first-order chi connectivity index (χ1) is 12.6. The Balaban J connectivity index is 1.75. The van der Waals surface area contributed by atoms with Gasteiger partial charge >= 0.3 is 0 Å². The summed E-state index contributed by atoms with van der Waals surface area (Å²) in [4.78, 5) is 34.8. The van der Waals surface area contributed by atoms with E-state index in [1.165, 1.54) is 4.40 Å². The lowest BCUT2D eigenvalue weighted by Gasteiger charge is -2.35. The number of rotatable bonds is 3. The number of aryl methyl sites for hydroxylation is 2. The average Bonchev–Trinajstić information content (AvgIpc) is 3.27. The number of amides is 1. The Labute approximate surface area is 149 Å². The standard InChI is InChI=1S/C18H21N5O3/c1-3-12-16(11(2)26-21-12)17(25)22-8-5-4-6-14(22)13-10-15(24)23-9-7-19-18(23)20-13/h7,9-10,14H,3-6,8H2,1-2H3,(H,19,20). The molecule has 1 N–H and O–H groups in total. The summed E-state index contributed by atoms with van der Waals surface area (Å²) in [5.74, 6) is 0.934. The number of fused-ring (bicyclic) bond motifs is 1. The van der Waals surface area contributed by atoms with Crippen molar-refractivity contribution < 1.29 is 9.32 Å². The van der Waals surface area contributed by atoms with Crippen LogP contribution >= 0.6 is 0 Å². The molecule has 1 amide bonds. The number of nitrogens with zero attached hydrogens (tertiary/aromatic N) is 4. The lowest BCUT2D eigenvalue weighted by atomic mass is 9.97. The van der Waals surface area contributed by atoms with Gasteiger partial charge in [-0.1, -0.05) is 12.1 Å². The molecule has 1 fully saturated rings. The van der Waals surface area contributed by atoms with E-state index in [0.717, 1.165) is 19.3 Å². The van der Waals surface area contributed by atoms with Gasteiger partial charge in [0.1, 0.15) is 11.3 Å². The second-order valence-corrected chi connectivity index (χ2v) is 6.61. The second kappa shape index (κ2) is 6.44. The van der Waals surface area contributed by atoms with Crippen LogP contribution in [0.1, 0.15) is 59.7 Å². The summed E-state index contributed by atoms with van der Waals surface area (Å²) in [6.45, 7) is 4.35. The molecule has 0 saturated carbocycles. The normalized spacial score (nSPS) is 17.8. The van der Waals surface area contributed by atoms with Crippen LogP contribution in [0.5, 0.6) is 0 Å². The first-order valence-corrected chi connectivity index (χ1v) is 8.92. The number of aromatic nitrogens is 4. The molecular weight excluding hydrogens is 334 g/mol. The van der Waals surface area contributed by atoms with Crippen molar-refractivity contribution in [2.75, 3.05) is 6.54 Å². The summed E-state index contributed by atoms with van der Waals surface area (Å²) in [6, 6.07) is 1.37. The van der Waals surface area contributed by atoms with Crippen LogP contribution < -0.4 is 5.56 Å². The van der Waals surface area contributed by atoms with Gasteiger partial charge in [-0.3, -0.25) is 14.0 Å². The first kappa shape index (κ1) is 16.6. The Morgan fingerprint density at radius 3 is 3.08 bits per heavy atom. The summed E-state index contributed by atoms with van der Waals surface area (Å²) in [6.07, 6.45) is 6.56. The van der Waals surface area contributed by atoms with Crippen LogP contribution in [0.3, 0.4) is 0 Å². The van der Waals surface area contributed by atoms with Crippen LogP contribution in [0.25, 0.3) is 5.78 Å². The molecule has 3 aromatic rings. The SMILES string of the molecule is CCc1noc(C)c1C(=O)N1CCCCC1c1cc(=O)n2ccnc2[nH]1. The fourth-order valence-corrected chi connectivity index (χ4v) is 3.70. The van der Waals surface area contributed by atoms with Crippen molar-refractivity contribution in [1.29, 1.82) is 0 Å². The molecule has 0 spiro atoms. The van der Waals surface area contributed by atoms with Crippen LogP contribution in [0, 0.1) is 6.92 Å². The lowest BCUT2D eigenvalue weighted by molar-refractivity contribution is 0.0603. The van der Waals surface area contributed by atoms with Gasteiger partial charge in [0.05, 0.1) is 11.7 Å². The maximum Gasteiger partial charge on any atom is 0.259 e. The number of carbonyl (C=O) groups is 1. The molecule has 1 aliphatic rings. The summed E-state index contributed by atoms with van der Waals surface area (Å²) in [7, 11) is 0. The predicted octanol–water partition coefficient (Wildman–Crippen LogP) is 2.25. The number of hydrogen-bond acceptors (Lipinski definition) is 5. The molecule has 1 atom stereocenters. The van der Waals surface area contributed by atoms with Crippen molar-refractivity contribution in [2.45, 2.75) is 45.6 Å². The fourth-order valence-electron chi connectivity index (χ4n) is 3.70. The maximum atomic E-state index is 13.3. The van der Waals surface area contributed by atoms with E-state index in [1.54, 1.807) is 25.4 Å². The number of hydrogen-bond donors (Lipinski definition) is 1. The summed E-state index contributed by atoms with van der Waals surface area (Å²) < 4.78 is 6.69. The molecule has 4 heterocycles. The van der Waals surface area contributed by atoms with E-state index >= 15 is 0 Å². The Morgan fingerprint density at radius 1 is 1.42 bits per heavy atom. The third kappa shape index (κ3) is 2.61. The van der Waals surface area contributed by atoms with E-state index in [9.17, 15) is 9.59 Å². The zero-order valence-corrected chi connectivity index (χ0v) is 14.9. The van der Waals surface area contributed by atoms with E-state index in [1.807, 2.05) is 11.8 Å². The minimum Gasteiger partial charge on any atom is -0.361 e. The summed E-state index contributed by atoms with van der Waals surface area (Å²) in [5, 5.41) is 4.00. The maximum absolute atomic E-state index is 13.3. The third-order valence-corrected chi connectivity index (χ3v) is 5.02. The van der Waals surface area contributed by atoms with Crippen molar-refractivity contribution in [1.82, 2.24) is 24.4 Å². The van der Waals surface area contributed by atoms with Crippen LogP contribution in [0.2, 0.25) is 0 Å². The van der Waals surface area contributed by atoms with Gasteiger partial charge in [-0.05, 0) is 32.6 Å². The molecule has 0 aromatic carbocycles. The molecule has 4 rings (SSSR count). The number of piperidine rings is 1. The van der Waals surface area contributed by atoms with Crippen molar-refractivity contribution in [3.05, 3.63) is 51.5 Å². The van der Waals surface area contributed by atoms with Gasteiger partial charge < -0.3 is 14.4 Å². The highest BCUT2D eigenvalue weighted by Gasteiger charge is 2.33. The number of H-pyrrole nitrogens is 1. The molecular formula is C18H21N5O3. The Morgan fingerprint density at radius 2 is 2.27 bits per heavy atom. The summed E-state index contributed by atoms with van der Waals surface area (Å²) in [5.41, 5.74) is 1.78. The van der Waals surface area contributed by atoms with Gasteiger partial charge in [-0.2, -0.15) is 0 Å². The van der Waals surface area contributed by atoms with Gasteiger partial charge in [-0.15, -0.1) is 0 Å². The molecule has 1 aliphatic heterocycles. The van der Waals surface area contributed by atoms with Crippen LogP contribution in [0.4, 0.5) is 0 Å². The number of aromatic amines is 1.